The zero-order chi connectivity index (χ0) is 16.5. The van der Waals surface area contributed by atoms with Crippen molar-refractivity contribution in [3.8, 4) is 0 Å². The molecular formula is C21H23NO. The maximum Gasteiger partial charge on any atom is 0.145 e. The molecule has 118 valence electrons. The van der Waals surface area contributed by atoms with Gasteiger partial charge in [-0.2, -0.15) is 0 Å². The van der Waals surface area contributed by atoms with Crippen molar-refractivity contribution in [1.82, 2.24) is 4.90 Å². The highest BCUT2D eigenvalue weighted by molar-refractivity contribution is 5.72. The summed E-state index contributed by atoms with van der Waals surface area (Å²) in [4.78, 5) is 13.1. The molecule has 2 heteroatoms. The third-order valence-corrected chi connectivity index (χ3v) is 3.71. The van der Waals surface area contributed by atoms with E-state index in [2.05, 4.69) is 54.0 Å². The number of allylic oxidation sites excluding steroid dienone is 13. The predicted octanol–water partition coefficient (Wildman–Crippen LogP) is 5.14. The largest absolute Gasteiger partial charge is 0.318 e. The molecule has 23 heavy (non-hydrogen) atoms. The molecule has 0 unspecified atom stereocenters. The number of aldehydes is 1. The van der Waals surface area contributed by atoms with Gasteiger partial charge in [0.25, 0.3) is 0 Å². The van der Waals surface area contributed by atoms with Gasteiger partial charge in [-0.25, -0.2) is 0 Å². The molecule has 0 saturated heterocycles. The summed E-state index contributed by atoms with van der Waals surface area (Å²) in [6.07, 6.45) is 26.2. The van der Waals surface area contributed by atoms with Gasteiger partial charge >= 0.3 is 0 Å². The predicted molar refractivity (Wildman–Crippen MR) is 97.4 cm³/mol. The van der Waals surface area contributed by atoms with Crippen LogP contribution in [0.1, 0.15) is 26.2 Å². The summed E-state index contributed by atoms with van der Waals surface area (Å²) in [6.45, 7) is 5.76. The Morgan fingerprint density at radius 1 is 1.09 bits per heavy atom. The van der Waals surface area contributed by atoms with Crippen molar-refractivity contribution in [3.05, 3.63) is 96.1 Å². The molecule has 0 atom stereocenters. The van der Waals surface area contributed by atoms with Crippen molar-refractivity contribution in [1.29, 1.82) is 0 Å². The Balaban J connectivity index is 2.45. The Morgan fingerprint density at radius 3 is 2.61 bits per heavy atom. The number of hydrogen-bond acceptors (Lipinski definition) is 2. The van der Waals surface area contributed by atoms with Crippen molar-refractivity contribution in [3.63, 3.8) is 0 Å². The Labute approximate surface area is 138 Å². The molecule has 0 aromatic heterocycles. The SMILES string of the molecule is C=CC(=CC=C(C)C=O)N(C1=CC=CC=CC1)C1=CC=CCC1. The third-order valence-electron chi connectivity index (χ3n) is 3.71. The van der Waals surface area contributed by atoms with Crippen molar-refractivity contribution < 1.29 is 4.79 Å². The number of nitrogens with zero attached hydrogens (tertiary/aromatic N) is 1. The molecule has 0 spiro atoms. The fourth-order valence-corrected chi connectivity index (χ4v) is 2.51. The van der Waals surface area contributed by atoms with Crippen LogP contribution in [0, 0.1) is 0 Å². The van der Waals surface area contributed by atoms with Crippen molar-refractivity contribution in [2.75, 3.05) is 0 Å². The van der Waals surface area contributed by atoms with E-state index in [1.165, 1.54) is 11.4 Å². The standard InChI is InChI=1S/C21H23NO/c1-3-19(16-15-18(2)17-23)22(21-13-9-6-10-14-21)20-11-7-4-5-8-12-20/h3-9,11,13,15-17H,1,10,12,14H2,2H3. The van der Waals surface area contributed by atoms with Gasteiger partial charge in [0.2, 0.25) is 0 Å². The van der Waals surface area contributed by atoms with E-state index in [9.17, 15) is 4.79 Å². The molecule has 0 saturated carbocycles. The minimum Gasteiger partial charge on any atom is -0.318 e. The van der Waals surface area contributed by atoms with Crippen LogP contribution in [-0.4, -0.2) is 11.2 Å². The number of carbonyl (C=O) groups excluding carboxylic acids is 1. The maximum absolute atomic E-state index is 10.8. The molecule has 0 N–H and O–H groups in total. The van der Waals surface area contributed by atoms with E-state index in [1.807, 2.05) is 24.3 Å². The molecule has 2 nitrogen and oxygen atoms in total. The Morgan fingerprint density at radius 2 is 1.91 bits per heavy atom. The summed E-state index contributed by atoms with van der Waals surface area (Å²) >= 11 is 0. The average molecular weight is 305 g/mol. The van der Waals surface area contributed by atoms with Crippen molar-refractivity contribution in [2.45, 2.75) is 26.2 Å². The number of rotatable bonds is 6. The van der Waals surface area contributed by atoms with Gasteiger partial charge in [-0.1, -0.05) is 49.1 Å². The van der Waals surface area contributed by atoms with Gasteiger partial charge < -0.3 is 4.90 Å². The average Bonchev–Trinajstić information content (AvgIpc) is 2.88. The third kappa shape index (κ3) is 4.68. The van der Waals surface area contributed by atoms with Crippen LogP contribution in [0.15, 0.2) is 96.1 Å². The highest BCUT2D eigenvalue weighted by Gasteiger charge is 2.17. The zero-order valence-corrected chi connectivity index (χ0v) is 13.6. The van der Waals surface area contributed by atoms with Gasteiger partial charge in [0, 0.05) is 23.5 Å². The van der Waals surface area contributed by atoms with Crippen LogP contribution in [0.4, 0.5) is 0 Å². The van der Waals surface area contributed by atoms with E-state index in [-0.39, 0.29) is 0 Å². The molecule has 0 radical (unpaired) electrons. The number of hydrogen-bond donors (Lipinski definition) is 0. The molecule has 0 heterocycles. The minimum atomic E-state index is 0.691. The molecule has 0 aromatic carbocycles. The van der Waals surface area contributed by atoms with Gasteiger partial charge in [0.15, 0.2) is 0 Å². The lowest BCUT2D eigenvalue weighted by atomic mass is 10.1. The first-order valence-corrected chi connectivity index (χ1v) is 7.90. The van der Waals surface area contributed by atoms with Crippen LogP contribution in [0.5, 0.6) is 0 Å². The maximum atomic E-state index is 10.8. The summed E-state index contributed by atoms with van der Waals surface area (Å²) in [5.74, 6) is 0. The summed E-state index contributed by atoms with van der Waals surface area (Å²) in [6, 6.07) is 0. The molecule has 0 aliphatic heterocycles. The monoisotopic (exact) mass is 305 g/mol. The summed E-state index contributed by atoms with van der Waals surface area (Å²) in [5, 5.41) is 0. The van der Waals surface area contributed by atoms with Crippen molar-refractivity contribution >= 4 is 6.29 Å². The second-order valence-corrected chi connectivity index (χ2v) is 5.46. The molecule has 0 aromatic rings. The fraction of sp³-hybridized carbons (Fsp3) is 0.190. The van der Waals surface area contributed by atoms with E-state index >= 15 is 0 Å². The first kappa shape index (κ1) is 16.8. The molecule has 0 fully saturated rings. The second-order valence-electron chi connectivity index (χ2n) is 5.46. The van der Waals surface area contributed by atoms with Gasteiger partial charge in [-0.05, 0) is 49.6 Å². The molecule has 0 bridgehead atoms. The van der Waals surface area contributed by atoms with Crippen molar-refractivity contribution in [2.24, 2.45) is 0 Å². The van der Waals surface area contributed by atoms with E-state index in [0.29, 0.717) is 5.57 Å². The molecule has 2 rings (SSSR count). The summed E-state index contributed by atoms with van der Waals surface area (Å²) in [5.41, 5.74) is 4.10. The first-order chi connectivity index (χ1) is 11.3. The minimum absolute atomic E-state index is 0.691. The zero-order valence-electron chi connectivity index (χ0n) is 13.6. The quantitative estimate of drug-likeness (QED) is 0.385. The lowest BCUT2D eigenvalue weighted by molar-refractivity contribution is -0.104. The lowest BCUT2D eigenvalue weighted by Crippen LogP contribution is -2.21. The molecular weight excluding hydrogens is 282 g/mol. The first-order valence-electron chi connectivity index (χ1n) is 7.90. The Kier molecular flexibility index (Phi) is 6.37. The Hall–Kier alpha value is -2.61. The van der Waals surface area contributed by atoms with Crippen LogP contribution >= 0.6 is 0 Å². The lowest BCUT2D eigenvalue weighted by Gasteiger charge is -2.31. The highest BCUT2D eigenvalue weighted by Crippen LogP contribution is 2.29. The van der Waals surface area contributed by atoms with Gasteiger partial charge in [-0.3, -0.25) is 4.79 Å². The van der Waals surface area contributed by atoms with Crippen LogP contribution in [0.25, 0.3) is 0 Å². The summed E-state index contributed by atoms with van der Waals surface area (Å²) in [7, 11) is 0. The van der Waals surface area contributed by atoms with Crippen LogP contribution < -0.4 is 0 Å². The highest BCUT2D eigenvalue weighted by atomic mass is 16.1. The summed E-state index contributed by atoms with van der Waals surface area (Å²) < 4.78 is 0. The van der Waals surface area contributed by atoms with E-state index in [1.54, 1.807) is 6.92 Å². The normalized spacial score (nSPS) is 18.1. The van der Waals surface area contributed by atoms with E-state index in [4.69, 9.17) is 0 Å². The van der Waals surface area contributed by atoms with E-state index in [0.717, 1.165) is 31.2 Å². The number of carbonyl (C=O) groups is 1. The Bertz CT molecular complexity index is 666. The van der Waals surface area contributed by atoms with Crippen LogP contribution in [0.3, 0.4) is 0 Å². The van der Waals surface area contributed by atoms with Gasteiger partial charge in [0.05, 0.1) is 0 Å². The fourth-order valence-electron chi connectivity index (χ4n) is 2.51. The molecule has 2 aliphatic carbocycles. The van der Waals surface area contributed by atoms with Crippen LogP contribution in [-0.2, 0) is 4.79 Å². The second kappa shape index (κ2) is 8.74. The van der Waals surface area contributed by atoms with Gasteiger partial charge in [0.1, 0.15) is 6.29 Å². The topological polar surface area (TPSA) is 20.3 Å². The van der Waals surface area contributed by atoms with Gasteiger partial charge in [-0.15, -0.1) is 0 Å². The molecule has 0 amide bonds. The van der Waals surface area contributed by atoms with E-state index < -0.39 is 0 Å². The van der Waals surface area contributed by atoms with Crippen LogP contribution in [0.2, 0.25) is 0 Å². The molecule has 2 aliphatic rings. The smallest absolute Gasteiger partial charge is 0.145 e.